The summed E-state index contributed by atoms with van der Waals surface area (Å²) in [5.74, 6) is 0.309. The van der Waals surface area contributed by atoms with Crippen molar-refractivity contribution in [2.75, 3.05) is 0 Å². The van der Waals surface area contributed by atoms with Gasteiger partial charge in [-0.1, -0.05) is 48.0 Å². The predicted octanol–water partition coefficient (Wildman–Crippen LogP) is 4.57. The molecule has 2 aromatic carbocycles. The number of hydrogen-bond donors (Lipinski definition) is 1. The number of benzene rings is 2. The Labute approximate surface area is 156 Å². The number of carbonyl (C=O) groups excluding carboxylic acids is 1. The SMILES string of the molecule is Cc1cccc(C=NNC(=O)c2cc(-c3ccco3)nc3ccccc23)c1. The summed E-state index contributed by atoms with van der Waals surface area (Å²) in [6.45, 7) is 2.01. The molecule has 0 radical (unpaired) electrons. The maximum Gasteiger partial charge on any atom is 0.272 e. The first kappa shape index (κ1) is 16.7. The number of amides is 1. The summed E-state index contributed by atoms with van der Waals surface area (Å²) in [4.78, 5) is 17.3. The number of fused-ring (bicyclic) bond motifs is 1. The van der Waals surface area contributed by atoms with Crippen LogP contribution in [0.4, 0.5) is 0 Å². The van der Waals surface area contributed by atoms with Crippen LogP contribution < -0.4 is 5.43 Å². The Hall–Kier alpha value is -3.73. The summed E-state index contributed by atoms with van der Waals surface area (Å²) in [5.41, 5.74) is 6.48. The zero-order valence-corrected chi connectivity index (χ0v) is 14.7. The maximum atomic E-state index is 12.8. The second kappa shape index (κ2) is 7.25. The van der Waals surface area contributed by atoms with Crippen molar-refractivity contribution in [1.82, 2.24) is 10.4 Å². The molecule has 1 N–H and O–H groups in total. The molecule has 4 rings (SSSR count). The normalized spacial score (nSPS) is 11.1. The molecule has 5 heteroatoms. The van der Waals surface area contributed by atoms with Gasteiger partial charge in [0.2, 0.25) is 0 Å². The average molecular weight is 355 g/mol. The molecule has 0 atom stereocenters. The van der Waals surface area contributed by atoms with E-state index in [4.69, 9.17) is 4.42 Å². The Kier molecular flexibility index (Phi) is 4.49. The second-order valence-electron chi connectivity index (χ2n) is 6.16. The van der Waals surface area contributed by atoms with Crippen molar-refractivity contribution in [2.24, 2.45) is 5.10 Å². The third kappa shape index (κ3) is 3.62. The van der Waals surface area contributed by atoms with Crippen molar-refractivity contribution in [2.45, 2.75) is 6.92 Å². The van der Waals surface area contributed by atoms with Gasteiger partial charge in [0.15, 0.2) is 5.76 Å². The molecular weight excluding hydrogens is 338 g/mol. The van der Waals surface area contributed by atoms with Crippen LogP contribution in [0.3, 0.4) is 0 Å². The Morgan fingerprint density at radius 1 is 1.07 bits per heavy atom. The Morgan fingerprint density at radius 2 is 1.96 bits per heavy atom. The highest BCUT2D eigenvalue weighted by Gasteiger charge is 2.14. The molecule has 132 valence electrons. The molecule has 0 aliphatic heterocycles. The molecule has 4 aromatic rings. The number of nitrogens with zero attached hydrogens (tertiary/aromatic N) is 2. The summed E-state index contributed by atoms with van der Waals surface area (Å²) < 4.78 is 5.43. The monoisotopic (exact) mass is 355 g/mol. The van der Waals surface area contributed by atoms with E-state index in [2.05, 4.69) is 15.5 Å². The average Bonchev–Trinajstić information content (AvgIpc) is 3.22. The van der Waals surface area contributed by atoms with E-state index in [1.165, 1.54) is 0 Å². The van der Waals surface area contributed by atoms with Crippen LogP contribution in [-0.2, 0) is 0 Å². The first-order chi connectivity index (χ1) is 13.2. The lowest BCUT2D eigenvalue weighted by atomic mass is 10.1. The van der Waals surface area contributed by atoms with E-state index < -0.39 is 0 Å². The molecule has 2 aromatic heterocycles. The van der Waals surface area contributed by atoms with Crippen LogP contribution in [0.25, 0.3) is 22.4 Å². The van der Waals surface area contributed by atoms with Crippen molar-refractivity contribution in [3.05, 3.63) is 89.7 Å². The first-order valence-electron chi connectivity index (χ1n) is 8.54. The Bertz CT molecular complexity index is 1130. The van der Waals surface area contributed by atoms with Gasteiger partial charge in [-0.05, 0) is 36.8 Å². The van der Waals surface area contributed by atoms with Gasteiger partial charge in [-0.15, -0.1) is 0 Å². The fraction of sp³-hybridized carbons (Fsp3) is 0.0455. The minimum Gasteiger partial charge on any atom is -0.463 e. The van der Waals surface area contributed by atoms with Gasteiger partial charge in [-0.2, -0.15) is 5.10 Å². The van der Waals surface area contributed by atoms with Gasteiger partial charge in [-0.3, -0.25) is 4.79 Å². The fourth-order valence-electron chi connectivity index (χ4n) is 2.89. The molecule has 27 heavy (non-hydrogen) atoms. The van der Waals surface area contributed by atoms with Crippen LogP contribution in [0.15, 0.2) is 82.5 Å². The number of aromatic nitrogens is 1. The second-order valence-corrected chi connectivity index (χ2v) is 6.16. The van der Waals surface area contributed by atoms with E-state index in [1.807, 2.05) is 61.5 Å². The van der Waals surface area contributed by atoms with E-state index >= 15 is 0 Å². The summed E-state index contributed by atoms with van der Waals surface area (Å²) in [6, 6.07) is 20.7. The minimum atomic E-state index is -0.301. The standard InChI is InChI=1S/C22H17N3O2/c1-15-6-4-7-16(12-15)14-23-25-22(26)18-13-20(21-10-5-11-27-21)24-19-9-3-2-8-17(18)19/h2-14H,1H3,(H,25,26). The highest BCUT2D eigenvalue weighted by Crippen LogP contribution is 2.25. The van der Waals surface area contributed by atoms with Gasteiger partial charge >= 0.3 is 0 Å². The predicted molar refractivity (Wildman–Crippen MR) is 106 cm³/mol. The van der Waals surface area contributed by atoms with Crippen molar-refractivity contribution in [1.29, 1.82) is 0 Å². The lowest BCUT2D eigenvalue weighted by Gasteiger charge is -2.07. The molecule has 0 saturated carbocycles. The molecule has 1 amide bonds. The number of hydrazone groups is 1. The van der Waals surface area contributed by atoms with Gasteiger partial charge in [0.05, 0.1) is 23.6 Å². The number of aryl methyl sites for hydroxylation is 1. The topological polar surface area (TPSA) is 67.5 Å². The summed E-state index contributed by atoms with van der Waals surface area (Å²) in [7, 11) is 0. The Balaban J connectivity index is 1.66. The van der Waals surface area contributed by atoms with E-state index in [0.29, 0.717) is 17.0 Å². The lowest BCUT2D eigenvalue weighted by molar-refractivity contribution is 0.0957. The third-order valence-electron chi connectivity index (χ3n) is 4.16. The van der Waals surface area contributed by atoms with Gasteiger partial charge in [-0.25, -0.2) is 10.4 Å². The molecule has 0 fully saturated rings. The number of pyridine rings is 1. The van der Waals surface area contributed by atoms with Crippen LogP contribution in [0, 0.1) is 6.92 Å². The molecule has 0 aliphatic rings. The molecule has 2 heterocycles. The van der Waals surface area contributed by atoms with E-state index in [-0.39, 0.29) is 5.91 Å². The van der Waals surface area contributed by atoms with Crippen LogP contribution in [0.2, 0.25) is 0 Å². The molecule has 0 aliphatic carbocycles. The van der Waals surface area contributed by atoms with E-state index in [0.717, 1.165) is 22.0 Å². The zero-order valence-electron chi connectivity index (χ0n) is 14.7. The number of nitrogens with one attached hydrogen (secondary N) is 1. The quantitative estimate of drug-likeness (QED) is 0.431. The highest BCUT2D eigenvalue weighted by atomic mass is 16.3. The largest absolute Gasteiger partial charge is 0.463 e. The van der Waals surface area contributed by atoms with Gasteiger partial charge < -0.3 is 4.42 Å². The minimum absolute atomic E-state index is 0.301. The van der Waals surface area contributed by atoms with Gasteiger partial charge in [0.1, 0.15) is 5.69 Å². The van der Waals surface area contributed by atoms with Gasteiger partial charge in [0, 0.05) is 5.39 Å². The number of carbonyl (C=O) groups is 1. The molecule has 0 saturated heterocycles. The first-order valence-corrected chi connectivity index (χ1v) is 8.54. The van der Waals surface area contributed by atoms with E-state index in [1.54, 1.807) is 24.6 Å². The van der Waals surface area contributed by atoms with Gasteiger partial charge in [0.25, 0.3) is 5.91 Å². The molecule has 0 spiro atoms. The fourth-order valence-corrected chi connectivity index (χ4v) is 2.89. The smallest absolute Gasteiger partial charge is 0.272 e. The number of hydrogen-bond acceptors (Lipinski definition) is 4. The lowest BCUT2D eigenvalue weighted by Crippen LogP contribution is -2.18. The van der Waals surface area contributed by atoms with Crippen molar-refractivity contribution in [3.63, 3.8) is 0 Å². The number of furan rings is 1. The number of rotatable bonds is 4. The van der Waals surface area contributed by atoms with Crippen molar-refractivity contribution in [3.8, 4) is 11.5 Å². The van der Waals surface area contributed by atoms with E-state index in [9.17, 15) is 4.79 Å². The molecule has 0 unspecified atom stereocenters. The summed E-state index contributed by atoms with van der Waals surface area (Å²) in [6.07, 6.45) is 3.21. The summed E-state index contributed by atoms with van der Waals surface area (Å²) in [5, 5.41) is 4.85. The Morgan fingerprint density at radius 3 is 2.78 bits per heavy atom. The molecule has 0 bridgehead atoms. The van der Waals surface area contributed by atoms with Crippen molar-refractivity contribution >= 4 is 23.0 Å². The van der Waals surface area contributed by atoms with Crippen LogP contribution in [-0.4, -0.2) is 17.1 Å². The van der Waals surface area contributed by atoms with Crippen molar-refractivity contribution < 1.29 is 9.21 Å². The van der Waals surface area contributed by atoms with Crippen LogP contribution in [0.5, 0.6) is 0 Å². The molecule has 5 nitrogen and oxygen atoms in total. The maximum absolute atomic E-state index is 12.8. The highest BCUT2D eigenvalue weighted by molar-refractivity contribution is 6.07. The third-order valence-corrected chi connectivity index (χ3v) is 4.16. The van der Waals surface area contributed by atoms with Crippen LogP contribution in [0.1, 0.15) is 21.5 Å². The molecular formula is C22H17N3O2. The van der Waals surface area contributed by atoms with Crippen LogP contribution >= 0.6 is 0 Å². The number of para-hydroxylation sites is 1. The summed E-state index contributed by atoms with van der Waals surface area (Å²) >= 11 is 0. The zero-order chi connectivity index (χ0) is 18.6.